The number of esters is 1. The van der Waals surface area contributed by atoms with Gasteiger partial charge in [-0.25, -0.2) is 4.79 Å². The molecule has 0 aliphatic carbocycles. The van der Waals surface area contributed by atoms with Crippen LogP contribution in [0.1, 0.15) is 21.7 Å². The van der Waals surface area contributed by atoms with Gasteiger partial charge < -0.3 is 15.0 Å². The van der Waals surface area contributed by atoms with Gasteiger partial charge in [0.2, 0.25) is 0 Å². The molecule has 2 N–H and O–H groups in total. The first-order valence-corrected chi connectivity index (χ1v) is 4.01. The zero-order valence-electron chi connectivity index (χ0n) is 7.26. The Morgan fingerprint density at radius 3 is 3.15 bits per heavy atom. The Bertz CT molecular complexity index is 366. The number of carbonyl (C=O) groups is 1. The lowest BCUT2D eigenvalue weighted by molar-refractivity contribution is 0.0595. The third kappa shape index (κ3) is 1.30. The first kappa shape index (κ1) is 7.91. The number of aromatic amines is 1. The molecule has 0 saturated carbocycles. The van der Waals surface area contributed by atoms with Crippen LogP contribution in [0.15, 0.2) is 12.3 Å². The van der Waals surface area contributed by atoms with Gasteiger partial charge in [0.15, 0.2) is 0 Å². The van der Waals surface area contributed by atoms with Gasteiger partial charge in [0.05, 0.1) is 7.11 Å². The third-order valence-corrected chi connectivity index (χ3v) is 2.00. The molecule has 0 radical (unpaired) electrons. The largest absolute Gasteiger partial charge is 0.464 e. The molecule has 68 valence electrons. The van der Waals surface area contributed by atoms with E-state index in [1.165, 1.54) is 7.11 Å². The third-order valence-electron chi connectivity index (χ3n) is 2.00. The smallest absolute Gasteiger partial charge is 0.354 e. The maximum Gasteiger partial charge on any atom is 0.354 e. The van der Waals surface area contributed by atoms with E-state index in [2.05, 4.69) is 15.0 Å². The highest BCUT2D eigenvalue weighted by molar-refractivity contribution is 5.88. The number of H-pyrrole nitrogens is 1. The predicted octanol–water partition coefficient (Wildman–Crippen LogP) is 0.875. The Morgan fingerprint density at radius 1 is 1.62 bits per heavy atom. The van der Waals surface area contributed by atoms with Crippen LogP contribution in [0.5, 0.6) is 0 Å². The number of carbonyl (C=O) groups excluding carboxylic acids is 1. The van der Waals surface area contributed by atoms with Crippen LogP contribution in [0.4, 0.5) is 0 Å². The fourth-order valence-electron chi connectivity index (χ4n) is 1.34. The zero-order valence-corrected chi connectivity index (χ0v) is 7.26. The van der Waals surface area contributed by atoms with Gasteiger partial charge in [-0.2, -0.15) is 0 Å². The summed E-state index contributed by atoms with van der Waals surface area (Å²) in [7, 11) is 1.37. The number of methoxy groups -OCH3 is 1. The molecule has 2 heterocycles. The average molecular weight is 178 g/mol. The van der Waals surface area contributed by atoms with Crippen molar-refractivity contribution < 1.29 is 9.53 Å². The second kappa shape index (κ2) is 2.97. The van der Waals surface area contributed by atoms with E-state index in [-0.39, 0.29) is 5.97 Å². The van der Waals surface area contributed by atoms with Crippen molar-refractivity contribution in [3.8, 4) is 0 Å². The summed E-state index contributed by atoms with van der Waals surface area (Å²) in [5.74, 6) is -0.331. The summed E-state index contributed by atoms with van der Waals surface area (Å²) in [6.07, 6.45) is 3.74. The van der Waals surface area contributed by atoms with Gasteiger partial charge in [-0.15, -0.1) is 0 Å². The molecule has 0 fully saturated rings. The molecule has 1 aromatic rings. The number of nitrogens with one attached hydrogen (secondary N) is 2. The van der Waals surface area contributed by atoms with Gasteiger partial charge in [-0.3, -0.25) is 0 Å². The van der Waals surface area contributed by atoms with Crippen LogP contribution in [0, 0.1) is 0 Å². The van der Waals surface area contributed by atoms with E-state index < -0.39 is 0 Å². The quantitative estimate of drug-likeness (QED) is 0.627. The van der Waals surface area contributed by atoms with Crippen LogP contribution < -0.4 is 5.32 Å². The number of hydrogen-bond acceptors (Lipinski definition) is 3. The van der Waals surface area contributed by atoms with E-state index in [0.29, 0.717) is 5.69 Å². The van der Waals surface area contributed by atoms with Crippen LogP contribution in [0.2, 0.25) is 0 Å². The van der Waals surface area contributed by atoms with Crippen molar-refractivity contribution in [1.82, 2.24) is 10.3 Å². The second-order valence-corrected chi connectivity index (χ2v) is 2.83. The Morgan fingerprint density at radius 2 is 2.46 bits per heavy atom. The Kier molecular flexibility index (Phi) is 1.81. The van der Waals surface area contributed by atoms with Crippen LogP contribution in [0.25, 0.3) is 6.08 Å². The number of ether oxygens (including phenoxy) is 1. The van der Waals surface area contributed by atoms with Crippen molar-refractivity contribution in [3.05, 3.63) is 29.2 Å². The minimum Gasteiger partial charge on any atom is -0.464 e. The summed E-state index contributed by atoms with van der Waals surface area (Å²) in [6, 6.07) is 1.80. The molecule has 4 heteroatoms. The molecule has 0 aromatic carbocycles. The number of fused-ring (bicyclic) bond motifs is 1. The lowest BCUT2D eigenvalue weighted by Crippen LogP contribution is -2.08. The molecule has 1 aromatic heterocycles. The minimum absolute atomic E-state index is 0.331. The van der Waals surface area contributed by atoms with E-state index in [9.17, 15) is 4.79 Å². The van der Waals surface area contributed by atoms with E-state index in [0.717, 1.165) is 17.8 Å². The van der Waals surface area contributed by atoms with E-state index >= 15 is 0 Å². The Labute approximate surface area is 75.6 Å². The summed E-state index contributed by atoms with van der Waals surface area (Å²) in [6.45, 7) is 0.749. The van der Waals surface area contributed by atoms with Crippen molar-refractivity contribution in [2.75, 3.05) is 7.11 Å². The Hall–Kier alpha value is -1.71. The summed E-state index contributed by atoms with van der Waals surface area (Å²) in [5.41, 5.74) is 2.56. The molecule has 0 atom stereocenters. The highest BCUT2D eigenvalue weighted by atomic mass is 16.5. The molecule has 1 aliphatic heterocycles. The molecule has 13 heavy (non-hydrogen) atoms. The van der Waals surface area contributed by atoms with Crippen LogP contribution in [0.3, 0.4) is 0 Å². The van der Waals surface area contributed by atoms with Crippen LogP contribution >= 0.6 is 0 Å². The molecule has 0 spiro atoms. The predicted molar refractivity (Wildman–Crippen MR) is 48.0 cm³/mol. The standard InChI is InChI=1S/C9H10N2O2/c1-13-9(12)8-4-6-5-10-3-2-7(6)11-8/h2-4,10-11H,5H2,1H3. The summed E-state index contributed by atoms with van der Waals surface area (Å²) >= 11 is 0. The summed E-state index contributed by atoms with van der Waals surface area (Å²) in [5, 5.41) is 3.06. The van der Waals surface area contributed by atoms with Crippen molar-refractivity contribution in [1.29, 1.82) is 0 Å². The monoisotopic (exact) mass is 178 g/mol. The van der Waals surface area contributed by atoms with Gasteiger partial charge in [0, 0.05) is 12.2 Å². The lowest BCUT2D eigenvalue weighted by Gasteiger charge is -2.05. The Balaban J connectivity index is 2.36. The molecule has 0 saturated heterocycles. The van der Waals surface area contributed by atoms with Gasteiger partial charge in [-0.1, -0.05) is 0 Å². The van der Waals surface area contributed by atoms with Crippen molar-refractivity contribution in [2.45, 2.75) is 6.54 Å². The highest BCUT2D eigenvalue weighted by Gasteiger charge is 2.13. The molecule has 2 rings (SSSR count). The maximum absolute atomic E-state index is 11.1. The molecule has 0 unspecified atom stereocenters. The van der Waals surface area contributed by atoms with Crippen molar-refractivity contribution in [2.24, 2.45) is 0 Å². The molecule has 4 nitrogen and oxygen atoms in total. The molecule has 0 bridgehead atoms. The average Bonchev–Trinajstić information content (AvgIpc) is 2.59. The number of hydrogen-bond donors (Lipinski definition) is 2. The minimum atomic E-state index is -0.331. The van der Waals surface area contributed by atoms with E-state index in [1.807, 2.05) is 12.3 Å². The topological polar surface area (TPSA) is 54.1 Å². The fourth-order valence-corrected chi connectivity index (χ4v) is 1.34. The normalized spacial score (nSPS) is 13.3. The molecule has 1 aliphatic rings. The number of rotatable bonds is 1. The maximum atomic E-state index is 11.1. The van der Waals surface area contributed by atoms with Gasteiger partial charge >= 0.3 is 5.97 Å². The van der Waals surface area contributed by atoms with Gasteiger partial charge in [0.25, 0.3) is 0 Å². The fraction of sp³-hybridized carbons (Fsp3) is 0.222. The summed E-state index contributed by atoms with van der Waals surface area (Å²) < 4.78 is 4.60. The van der Waals surface area contributed by atoms with Crippen molar-refractivity contribution >= 4 is 12.0 Å². The van der Waals surface area contributed by atoms with Crippen molar-refractivity contribution in [3.63, 3.8) is 0 Å². The molecular formula is C9H10N2O2. The van der Waals surface area contributed by atoms with Crippen LogP contribution in [-0.4, -0.2) is 18.1 Å². The van der Waals surface area contributed by atoms with Gasteiger partial charge in [-0.05, 0) is 23.9 Å². The first-order valence-electron chi connectivity index (χ1n) is 4.01. The van der Waals surface area contributed by atoms with E-state index in [4.69, 9.17) is 0 Å². The van der Waals surface area contributed by atoms with Crippen LogP contribution in [-0.2, 0) is 11.3 Å². The second-order valence-electron chi connectivity index (χ2n) is 2.83. The zero-order chi connectivity index (χ0) is 9.26. The van der Waals surface area contributed by atoms with E-state index in [1.54, 1.807) is 6.07 Å². The SMILES string of the molecule is COC(=O)c1cc2c([nH]1)C=CNC2. The van der Waals surface area contributed by atoms with Gasteiger partial charge in [0.1, 0.15) is 5.69 Å². The highest BCUT2D eigenvalue weighted by Crippen LogP contribution is 2.15. The molecular weight excluding hydrogens is 168 g/mol. The lowest BCUT2D eigenvalue weighted by atomic mass is 10.2. The first-order chi connectivity index (χ1) is 6.31. The number of aromatic nitrogens is 1. The summed E-state index contributed by atoms with van der Waals surface area (Å²) in [4.78, 5) is 14.1. The molecule has 0 amide bonds.